The van der Waals surface area contributed by atoms with E-state index >= 15 is 0 Å². The SMILES string of the molecule is CCc1nc(-c2cc(OC)ccc2OC)sc1C(C)(C)O. The van der Waals surface area contributed by atoms with Crippen molar-refractivity contribution in [2.45, 2.75) is 32.8 Å². The highest BCUT2D eigenvalue weighted by Crippen LogP contribution is 2.40. The highest BCUT2D eigenvalue weighted by atomic mass is 32.1. The molecule has 0 spiro atoms. The van der Waals surface area contributed by atoms with Crippen LogP contribution in [0.25, 0.3) is 10.6 Å². The summed E-state index contributed by atoms with van der Waals surface area (Å²) in [4.78, 5) is 5.57. The molecule has 0 aliphatic carbocycles. The maximum absolute atomic E-state index is 10.3. The Morgan fingerprint density at radius 3 is 2.43 bits per heavy atom. The summed E-state index contributed by atoms with van der Waals surface area (Å²) in [6.07, 6.45) is 0.780. The zero-order valence-corrected chi connectivity index (χ0v) is 13.9. The van der Waals surface area contributed by atoms with Crippen LogP contribution in [0.1, 0.15) is 31.3 Å². The number of benzene rings is 1. The van der Waals surface area contributed by atoms with Gasteiger partial charge >= 0.3 is 0 Å². The summed E-state index contributed by atoms with van der Waals surface area (Å²) in [5.74, 6) is 1.50. The van der Waals surface area contributed by atoms with Crippen molar-refractivity contribution in [3.8, 4) is 22.1 Å². The number of aromatic nitrogens is 1. The van der Waals surface area contributed by atoms with Crippen LogP contribution in [0.15, 0.2) is 18.2 Å². The van der Waals surface area contributed by atoms with Gasteiger partial charge in [0.15, 0.2) is 0 Å². The Balaban J connectivity index is 2.59. The van der Waals surface area contributed by atoms with Gasteiger partial charge in [-0.3, -0.25) is 0 Å². The maximum atomic E-state index is 10.3. The summed E-state index contributed by atoms with van der Waals surface area (Å²) in [5.41, 5.74) is 0.910. The minimum Gasteiger partial charge on any atom is -0.497 e. The minimum atomic E-state index is -0.895. The molecule has 5 heteroatoms. The summed E-state index contributed by atoms with van der Waals surface area (Å²) in [6.45, 7) is 5.61. The first-order chi connectivity index (χ1) is 9.90. The molecule has 0 unspecified atom stereocenters. The molecule has 0 saturated heterocycles. The summed E-state index contributed by atoms with van der Waals surface area (Å²) < 4.78 is 10.7. The van der Waals surface area contributed by atoms with E-state index in [2.05, 4.69) is 4.98 Å². The van der Waals surface area contributed by atoms with Crippen LogP contribution in [-0.4, -0.2) is 24.3 Å². The van der Waals surface area contributed by atoms with Gasteiger partial charge in [-0.2, -0.15) is 0 Å². The molecular weight excluding hydrogens is 286 g/mol. The molecule has 0 radical (unpaired) electrons. The van der Waals surface area contributed by atoms with Crippen LogP contribution in [0, 0.1) is 0 Å². The zero-order valence-electron chi connectivity index (χ0n) is 13.1. The molecule has 2 aromatic rings. The molecule has 4 nitrogen and oxygen atoms in total. The van der Waals surface area contributed by atoms with Gasteiger partial charge in [-0.25, -0.2) is 4.98 Å². The minimum absolute atomic E-state index is 0.745. The Morgan fingerprint density at radius 2 is 1.95 bits per heavy atom. The van der Waals surface area contributed by atoms with Crippen molar-refractivity contribution in [3.05, 3.63) is 28.8 Å². The summed E-state index contributed by atoms with van der Waals surface area (Å²) in [6, 6.07) is 5.63. The Bertz CT molecular complexity index is 629. The molecule has 1 aromatic carbocycles. The number of rotatable bonds is 5. The largest absolute Gasteiger partial charge is 0.497 e. The number of nitrogens with zero attached hydrogens (tertiary/aromatic N) is 1. The monoisotopic (exact) mass is 307 g/mol. The van der Waals surface area contributed by atoms with E-state index in [9.17, 15) is 5.11 Å². The molecule has 0 atom stereocenters. The van der Waals surface area contributed by atoms with E-state index in [0.29, 0.717) is 0 Å². The van der Waals surface area contributed by atoms with Gasteiger partial charge in [0, 0.05) is 0 Å². The summed E-state index contributed by atoms with van der Waals surface area (Å²) in [7, 11) is 3.27. The lowest BCUT2D eigenvalue weighted by molar-refractivity contribution is 0.0814. The first-order valence-electron chi connectivity index (χ1n) is 6.85. The van der Waals surface area contributed by atoms with Gasteiger partial charge in [0.1, 0.15) is 16.5 Å². The molecule has 0 aliphatic rings. The highest BCUT2D eigenvalue weighted by Gasteiger charge is 2.25. The van der Waals surface area contributed by atoms with Gasteiger partial charge in [-0.05, 0) is 38.5 Å². The first-order valence-corrected chi connectivity index (χ1v) is 7.67. The molecule has 114 valence electrons. The lowest BCUT2D eigenvalue weighted by Gasteiger charge is -2.15. The number of hydrogen-bond donors (Lipinski definition) is 1. The number of hydrogen-bond acceptors (Lipinski definition) is 5. The van der Waals surface area contributed by atoms with Gasteiger partial charge in [0.05, 0.1) is 36.0 Å². The maximum Gasteiger partial charge on any atom is 0.129 e. The number of aryl methyl sites for hydroxylation is 1. The van der Waals surface area contributed by atoms with E-state index in [0.717, 1.165) is 39.1 Å². The van der Waals surface area contributed by atoms with Gasteiger partial charge in [0.2, 0.25) is 0 Å². The second-order valence-electron chi connectivity index (χ2n) is 5.27. The molecule has 0 bridgehead atoms. The van der Waals surface area contributed by atoms with Gasteiger partial charge in [-0.1, -0.05) is 6.92 Å². The van der Waals surface area contributed by atoms with Gasteiger partial charge in [0.25, 0.3) is 0 Å². The molecule has 1 heterocycles. The quantitative estimate of drug-likeness (QED) is 0.916. The molecule has 0 fully saturated rings. The molecule has 1 aromatic heterocycles. The molecule has 0 saturated carbocycles. The fraction of sp³-hybridized carbons (Fsp3) is 0.438. The van der Waals surface area contributed by atoms with Crippen LogP contribution in [0.3, 0.4) is 0 Å². The highest BCUT2D eigenvalue weighted by molar-refractivity contribution is 7.15. The third kappa shape index (κ3) is 3.19. The van der Waals surface area contributed by atoms with Crippen molar-refractivity contribution >= 4 is 11.3 Å². The average molecular weight is 307 g/mol. The van der Waals surface area contributed by atoms with E-state index in [1.165, 1.54) is 11.3 Å². The fourth-order valence-corrected chi connectivity index (χ4v) is 3.34. The van der Waals surface area contributed by atoms with Crippen LogP contribution < -0.4 is 9.47 Å². The van der Waals surface area contributed by atoms with E-state index in [1.807, 2.05) is 25.1 Å². The topological polar surface area (TPSA) is 51.6 Å². The van der Waals surface area contributed by atoms with E-state index in [-0.39, 0.29) is 0 Å². The van der Waals surface area contributed by atoms with Crippen LogP contribution in [0.2, 0.25) is 0 Å². The first kappa shape index (κ1) is 15.8. The predicted molar refractivity (Wildman–Crippen MR) is 85.3 cm³/mol. The van der Waals surface area contributed by atoms with E-state index in [4.69, 9.17) is 9.47 Å². The standard InChI is InChI=1S/C16H21NO3S/c1-6-12-14(16(2,3)18)21-15(17-12)11-9-10(19-4)7-8-13(11)20-5/h7-9,18H,6H2,1-5H3. The number of ether oxygens (including phenoxy) is 2. The smallest absolute Gasteiger partial charge is 0.129 e. The van der Waals surface area contributed by atoms with Crippen LogP contribution >= 0.6 is 11.3 Å². The Kier molecular flexibility index (Phi) is 4.54. The Morgan fingerprint density at radius 1 is 1.24 bits per heavy atom. The van der Waals surface area contributed by atoms with Crippen molar-refractivity contribution in [2.24, 2.45) is 0 Å². The molecular formula is C16H21NO3S. The average Bonchev–Trinajstić information content (AvgIpc) is 2.90. The number of thiazole rings is 1. The Hall–Kier alpha value is -1.59. The predicted octanol–water partition coefficient (Wildman–Crippen LogP) is 3.62. The van der Waals surface area contributed by atoms with Crippen LogP contribution in [0.4, 0.5) is 0 Å². The lowest BCUT2D eigenvalue weighted by atomic mass is 10.1. The van der Waals surface area contributed by atoms with Crippen molar-refractivity contribution in [1.82, 2.24) is 4.98 Å². The van der Waals surface area contributed by atoms with Crippen molar-refractivity contribution < 1.29 is 14.6 Å². The summed E-state index contributed by atoms with van der Waals surface area (Å²) in [5, 5.41) is 11.1. The van der Waals surface area contributed by atoms with Crippen LogP contribution in [-0.2, 0) is 12.0 Å². The van der Waals surface area contributed by atoms with E-state index < -0.39 is 5.60 Å². The third-order valence-corrected chi connectivity index (χ3v) is 4.67. The molecule has 2 rings (SSSR count). The second-order valence-corrected chi connectivity index (χ2v) is 6.27. The third-order valence-electron chi connectivity index (χ3n) is 3.22. The Labute approximate surface area is 129 Å². The molecule has 21 heavy (non-hydrogen) atoms. The van der Waals surface area contributed by atoms with Crippen molar-refractivity contribution in [1.29, 1.82) is 0 Å². The lowest BCUT2D eigenvalue weighted by Crippen LogP contribution is -2.15. The zero-order chi connectivity index (χ0) is 15.6. The van der Waals surface area contributed by atoms with Gasteiger partial charge < -0.3 is 14.6 Å². The summed E-state index contributed by atoms with van der Waals surface area (Å²) >= 11 is 1.50. The molecule has 0 amide bonds. The normalized spacial score (nSPS) is 11.5. The van der Waals surface area contributed by atoms with E-state index in [1.54, 1.807) is 28.1 Å². The second kappa shape index (κ2) is 6.03. The number of aliphatic hydroxyl groups is 1. The van der Waals surface area contributed by atoms with Gasteiger partial charge in [-0.15, -0.1) is 11.3 Å². The molecule has 0 aliphatic heterocycles. The number of methoxy groups -OCH3 is 2. The molecule has 1 N–H and O–H groups in total. The fourth-order valence-electron chi connectivity index (χ4n) is 2.17. The van der Waals surface area contributed by atoms with Crippen molar-refractivity contribution in [3.63, 3.8) is 0 Å². The van der Waals surface area contributed by atoms with Crippen molar-refractivity contribution in [2.75, 3.05) is 14.2 Å². The van der Waals surface area contributed by atoms with Crippen LogP contribution in [0.5, 0.6) is 11.5 Å².